The van der Waals surface area contributed by atoms with E-state index in [0.29, 0.717) is 14.8 Å². The molecule has 0 radical (unpaired) electrons. The standard InChI is InChI=1S/C18H12Cl2N4S/c1-24-17(22-23-18(24)25)13-9-16(12-7-6-10(19)8-14(12)20)21-15-5-3-2-4-11(13)15/h2-9H,1H3,(H,23,25). The van der Waals surface area contributed by atoms with Crippen LogP contribution in [0.25, 0.3) is 33.5 Å². The Morgan fingerprint density at radius 1 is 1.04 bits per heavy atom. The van der Waals surface area contributed by atoms with Crippen molar-refractivity contribution in [2.45, 2.75) is 0 Å². The zero-order valence-electron chi connectivity index (χ0n) is 13.1. The molecule has 2 aromatic heterocycles. The van der Waals surface area contributed by atoms with E-state index in [1.54, 1.807) is 12.1 Å². The van der Waals surface area contributed by atoms with E-state index in [1.807, 2.05) is 48.0 Å². The number of hydrogen-bond acceptors (Lipinski definition) is 3. The summed E-state index contributed by atoms with van der Waals surface area (Å²) in [6.07, 6.45) is 0. The molecule has 0 saturated heterocycles. The second-order valence-corrected chi connectivity index (χ2v) is 6.84. The average Bonchev–Trinajstić information content (AvgIpc) is 2.93. The van der Waals surface area contributed by atoms with Crippen molar-refractivity contribution in [2.24, 2.45) is 7.05 Å². The van der Waals surface area contributed by atoms with E-state index in [-0.39, 0.29) is 0 Å². The average molecular weight is 387 g/mol. The quantitative estimate of drug-likeness (QED) is 0.451. The Labute approximate surface area is 159 Å². The van der Waals surface area contributed by atoms with Crippen LogP contribution in [0.3, 0.4) is 0 Å². The minimum absolute atomic E-state index is 0.552. The molecule has 0 amide bonds. The van der Waals surface area contributed by atoms with Crippen molar-refractivity contribution < 1.29 is 0 Å². The number of nitrogens with one attached hydrogen (secondary N) is 1. The lowest BCUT2D eigenvalue weighted by atomic mass is 10.0. The molecular formula is C18H12Cl2N4S. The molecule has 0 saturated carbocycles. The van der Waals surface area contributed by atoms with Gasteiger partial charge in [-0.05, 0) is 42.5 Å². The van der Waals surface area contributed by atoms with Gasteiger partial charge in [0.2, 0.25) is 0 Å². The fraction of sp³-hybridized carbons (Fsp3) is 0.0556. The minimum atomic E-state index is 0.552. The third kappa shape index (κ3) is 2.84. The number of benzene rings is 2. The molecule has 124 valence electrons. The fourth-order valence-electron chi connectivity index (χ4n) is 2.78. The second-order valence-electron chi connectivity index (χ2n) is 5.61. The molecule has 0 aliphatic heterocycles. The summed E-state index contributed by atoms with van der Waals surface area (Å²) in [7, 11) is 1.88. The van der Waals surface area contributed by atoms with Gasteiger partial charge in [-0.2, -0.15) is 5.10 Å². The first-order chi connectivity index (χ1) is 12.0. The number of aromatic amines is 1. The summed E-state index contributed by atoms with van der Waals surface area (Å²) in [5.74, 6) is 0.745. The van der Waals surface area contributed by atoms with Crippen LogP contribution >= 0.6 is 35.4 Å². The Balaban J connectivity index is 2.05. The molecule has 4 aromatic rings. The number of halogens is 2. The zero-order valence-corrected chi connectivity index (χ0v) is 15.5. The molecule has 2 aromatic carbocycles. The van der Waals surface area contributed by atoms with Crippen molar-refractivity contribution in [3.05, 3.63) is 63.3 Å². The van der Waals surface area contributed by atoms with Gasteiger partial charge in [0, 0.05) is 28.6 Å². The van der Waals surface area contributed by atoms with Crippen LogP contribution in [0.2, 0.25) is 10.0 Å². The molecule has 4 rings (SSSR count). The second kappa shape index (κ2) is 6.26. The highest BCUT2D eigenvalue weighted by molar-refractivity contribution is 7.71. The molecule has 0 fully saturated rings. The SMILES string of the molecule is Cn1c(-c2cc(-c3ccc(Cl)cc3Cl)nc3ccccc23)n[nH]c1=S. The fourth-order valence-corrected chi connectivity index (χ4v) is 3.42. The lowest BCUT2D eigenvalue weighted by Crippen LogP contribution is -1.96. The zero-order chi connectivity index (χ0) is 17.6. The van der Waals surface area contributed by atoms with Crippen LogP contribution in [0, 0.1) is 4.77 Å². The third-order valence-corrected chi connectivity index (χ3v) is 4.96. The normalized spacial score (nSPS) is 11.2. The van der Waals surface area contributed by atoms with Gasteiger partial charge in [-0.1, -0.05) is 41.4 Å². The summed E-state index contributed by atoms with van der Waals surface area (Å²) in [4.78, 5) is 4.76. The van der Waals surface area contributed by atoms with E-state index < -0.39 is 0 Å². The molecule has 0 unspecified atom stereocenters. The first-order valence-electron chi connectivity index (χ1n) is 7.51. The van der Waals surface area contributed by atoms with Crippen LogP contribution in [0.1, 0.15) is 0 Å². The Kier molecular flexibility index (Phi) is 4.07. The number of nitrogens with zero attached hydrogens (tertiary/aromatic N) is 3. The summed E-state index contributed by atoms with van der Waals surface area (Å²) >= 11 is 17.6. The van der Waals surface area contributed by atoms with Crippen molar-refractivity contribution >= 4 is 46.3 Å². The first kappa shape index (κ1) is 16.3. The van der Waals surface area contributed by atoms with E-state index in [0.717, 1.165) is 33.5 Å². The molecule has 0 aliphatic rings. The van der Waals surface area contributed by atoms with Crippen molar-refractivity contribution in [1.82, 2.24) is 19.7 Å². The van der Waals surface area contributed by atoms with Crippen LogP contribution < -0.4 is 0 Å². The van der Waals surface area contributed by atoms with E-state index in [1.165, 1.54) is 0 Å². The predicted octanol–water partition coefficient (Wildman–Crippen LogP) is 5.67. The number of pyridine rings is 1. The summed E-state index contributed by atoms with van der Waals surface area (Å²) in [6.45, 7) is 0. The number of aromatic nitrogens is 4. The molecule has 7 heteroatoms. The molecule has 25 heavy (non-hydrogen) atoms. The van der Waals surface area contributed by atoms with Crippen LogP contribution in [-0.2, 0) is 7.05 Å². The van der Waals surface area contributed by atoms with E-state index >= 15 is 0 Å². The lowest BCUT2D eigenvalue weighted by molar-refractivity contribution is 0.902. The molecule has 0 spiro atoms. The third-order valence-electron chi connectivity index (χ3n) is 4.04. The van der Waals surface area contributed by atoms with Gasteiger partial charge in [-0.25, -0.2) is 4.98 Å². The van der Waals surface area contributed by atoms with E-state index in [4.69, 9.17) is 40.4 Å². The van der Waals surface area contributed by atoms with Gasteiger partial charge in [0.25, 0.3) is 0 Å². The molecule has 0 bridgehead atoms. The number of H-pyrrole nitrogens is 1. The molecule has 4 nitrogen and oxygen atoms in total. The monoisotopic (exact) mass is 386 g/mol. The van der Waals surface area contributed by atoms with Crippen LogP contribution in [0.15, 0.2) is 48.5 Å². The van der Waals surface area contributed by atoms with Gasteiger partial charge in [-0.3, -0.25) is 5.10 Å². The number of para-hydroxylation sites is 1. The molecule has 0 atom stereocenters. The highest BCUT2D eigenvalue weighted by Crippen LogP contribution is 2.34. The van der Waals surface area contributed by atoms with Crippen molar-refractivity contribution in [3.63, 3.8) is 0 Å². The lowest BCUT2D eigenvalue weighted by Gasteiger charge is -2.10. The highest BCUT2D eigenvalue weighted by Gasteiger charge is 2.15. The van der Waals surface area contributed by atoms with E-state index in [2.05, 4.69) is 10.2 Å². The smallest absolute Gasteiger partial charge is 0.195 e. The van der Waals surface area contributed by atoms with Crippen LogP contribution in [0.4, 0.5) is 0 Å². The summed E-state index contributed by atoms with van der Waals surface area (Å²) in [5, 5.41) is 9.33. The highest BCUT2D eigenvalue weighted by atomic mass is 35.5. The van der Waals surface area contributed by atoms with Gasteiger partial charge in [0.1, 0.15) is 0 Å². The summed E-state index contributed by atoms with van der Waals surface area (Å²) in [6, 6.07) is 15.3. The van der Waals surface area contributed by atoms with E-state index in [9.17, 15) is 0 Å². The Bertz CT molecular complexity index is 1160. The van der Waals surface area contributed by atoms with Gasteiger partial charge >= 0.3 is 0 Å². The molecule has 0 aliphatic carbocycles. The summed E-state index contributed by atoms with van der Waals surface area (Å²) < 4.78 is 2.40. The van der Waals surface area contributed by atoms with Gasteiger partial charge < -0.3 is 4.57 Å². The number of hydrogen-bond donors (Lipinski definition) is 1. The minimum Gasteiger partial charge on any atom is -0.303 e. The Hall–Kier alpha value is -2.21. The number of rotatable bonds is 2. The van der Waals surface area contributed by atoms with Crippen LogP contribution in [0.5, 0.6) is 0 Å². The van der Waals surface area contributed by atoms with Crippen LogP contribution in [-0.4, -0.2) is 19.7 Å². The summed E-state index contributed by atoms with van der Waals surface area (Å²) in [5.41, 5.74) is 3.36. The maximum absolute atomic E-state index is 6.38. The maximum Gasteiger partial charge on any atom is 0.195 e. The number of fused-ring (bicyclic) bond motifs is 1. The van der Waals surface area contributed by atoms with Gasteiger partial charge in [-0.15, -0.1) is 0 Å². The molecule has 2 heterocycles. The first-order valence-corrected chi connectivity index (χ1v) is 8.68. The van der Waals surface area contributed by atoms with Gasteiger partial charge in [0.15, 0.2) is 10.6 Å². The van der Waals surface area contributed by atoms with Crippen molar-refractivity contribution in [1.29, 1.82) is 0 Å². The largest absolute Gasteiger partial charge is 0.303 e. The Morgan fingerprint density at radius 3 is 2.56 bits per heavy atom. The van der Waals surface area contributed by atoms with Gasteiger partial charge in [0.05, 0.1) is 16.2 Å². The Morgan fingerprint density at radius 2 is 1.84 bits per heavy atom. The van der Waals surface area contributed by atoms with Crippen molar-refractivity contribution in [3.8, 4) is 22.6 Å². The molecular weight excluding hydrogens is 375 g/mol. The topological polar surface area (TPSA) is 46.5 Å². The van der Waals surface area contributed by atoms with Crippen molar-refractivity contribution in [2.75, 3.05) is 0 Å². The predicted molar refractivity (Wildman–Crippen MR) is 105 cm³/mol. The molecule has 1 N–H and O–H groups in total. The maximum atomic E-state index is 6.38.